The predicted molar refractivity (Wildman–Crippen MR) is 119 cm³/mol. The zero-order chi connectivity index (χ0) is 23.3. The van der Waals surface area contributed by atoms with Crippen molar-refractivity contribution in [2.75, 3.05) is 20.3 Å². The second-order valence-corrected chi connectivity index (χ2v) is 8.56. The number of rotatable bonds is 9. The third-order valence-corrected chi connectivity index (χ3v) is 6.21. The van der Waals surface area contributed by atoms with E-state index in [-0.39, 0.29) is 11.9 Å². The summed E-state index contributed by atoms with van der Waals surface area (Å²) in [5.74, 6) is 2.29. The van der Waals surface area contributed by atoms with Crippen LogP contribution in [0.4, 0.5) is 13.2 Å². The van der Waals surface area contributed by atoms with E-state index in [1.54, 1.807) is 31.4 Å². The van der Waals surface area contributed by atoms with Gasteiger partial charge in [0.15, 0.2) is 17.6 Å². The van der Waals surface area contributed by atoms with Crippen molar-refractivity contribution in [1.29, 1.82) is 0 Å². The van der Waals surface area contributed by atoms with E-state index in [0.717, 1.165) is 47.3 Å². The summed E-state index contributed by atoms with van der Waals surface area (Å²) in [6, 6.07) is 14.3. The third kappa shape index (κ3) is 6.42. The maximum absolute atomic E-state index is 12.3. The molecule has 0 amide bonds. The van der Waals surface area contributed by atoms with Crippen molar-refractivity contribution in [1.82, 2.24) is 14.8 Å². The van der Waals surface area contributed by atoms with Gasteiger partial charge >= 0.3 is 6.18 Å². The van der Waals surface area contributed by atoms with Crippen molar-refractivity contribution in [3.63, 3.8) is 0 Å². The summed E-state index contributed by atoms with van der Waals surface area (Å²) in [5, 5.41) is 9.59. The molecule has 1 fully saturated rings. The van der Waals surface area contributed by atoms with E-state index >= 15 is 0 Å². The molecule has 1 saturated heterocycles. The lowest BCUT2D eigenvalue weighted by Crippen LogP contribution is -2.19. The van der Waals surface area contributed by atoms with E-state index in [0.29, 0.717) is 12.3 Å². The van der Waals surface area contributed by atoms with Crippen LogP contribution in [-0.2, 0) is 17.0 Å². The molecule has 0 radical (unpaired) electrons. The van der Waals surface area contributed by atoms with Gasteiger partial charge in [0.1, 0.15) is 11.5 Å². The minimum Gasteiger partial charge on any atom is -0.497 e. The molecular formula is C23H24F3N3O3S. The third-order valence-electron chi connectivity index (χ3n) is 5.17. The molecule has 2 aromatic carbocycles. The number of aromatic nitrogens is 3. The van der Waals surface area contributed by atoms with Crippen molar-refractivity contribution in [2.24, 2.45) is 0 Å². The molecule has 2 heterocycles. The van der Waals surface area contributed by atoms with Gasteiger partial charge in [-0.15, -0.1) is 10.2 Å². The molecule has 0 saturated carbocycles. The molecule has 1 aliphatic heterocycles. The summed E-state index contributed by atoms with van der Waals surface area (Å²) < 4.78 is 54.9. The fraction of sp³-hybridized carbons (Fsp3) is 0.391. The molecule has 3 aromatic rings. The highest BCUT2D eigenvalue weighted by Gasteiger charge is 2.28. The smallest absolute Gasteiger partial charge is 0.422 e. The summed E-state index contributed by atoms with van der Waals surface area (Å²) in [6.07, 6.45) is -2.22. The number of nitrogens with zero attached hydrogens (tertiary/aromatic N) is 3. The quantitative estimate of drug-likeness (QED) is 0.385. The Kier molecular flexibility index (Phi) is 7.44. The van der Waals surface area contributed by atoms with E-state index in [1.807, 2.05) is 24.3 Å². The van der Waals surface area contributed by atoms with Gasteiger partial charge in [0.25, 0.3) is 0 Å². The number of alkyl halides is 3. The first-order valence-corrected chi connectivity index (χ1v) is 11.5. The molecule has 1 atom stereocenters. The average molecular weight is 480 g/mol. The standard InChI is InChI=1S/C23H24F3N3O3S/c1-30-18-10-6-17(7-11-18)21-27-28-22(29(21)13-20-3-2-12-31-20)33-14-16-4-8-19(9-5-16)32-15-23(24,25)26/h4-11,20H,2-3,12-15H2,1H3. The lowest BCUT2D eigenvalue weighted by molar-refractivity contribution is -0.153. The molecule has 6 nitrogen and oxygen atoms in total. The maximum Gasteiger partial charge on any atom is 0.422 e. The normalized spacial score (nSPS) is 16.2. The number of thioether (sulfide) groups is 1. The van der Waals surface area contributed by atoms with Gasteiger partial charge in [-0.05, 0) is 54.8 Å². The van der Waals surface area contributed by atoms with Gasteiger partial charge in [0.05, 0.1) is 19.8 Å². The summed E-state index contributed by atoms with van der Waals surface area (Å²) >= 11 is 1.52. The van der Waals surface area contributed by atoms with Crippen molar-refractivity contribution in [3.05, 3.63) is 54.1 Å². The Bertz CT molecular complexity index is 1030. The van der Waals surface area contributed by atoms with Gasteiger partial charge in [-0.3, -0.25) is 4.57 Å². The van der Waals surface area contributed by atoms with Crippen LogP contribution < -0.4 is 9.47 Å². The second-order valence-electron chi connectivity index (χ2n) is 7.62. The first-order chi connectivity index (χ1) is 15.9. The van der Waals surface area contributed by atoms with Gasteiger partial charge in [0.2, 0.25) is 0 Å². The van der Waals surface area contributed by atoms with Crippen LogP contribution in [0.25, 0.3) is 11.4 Å². The van der Waals surface area contributed by atoms with E-state index in [9.17, 15) is 13.2 Å². The van der Waals surface area contributed by atoms with E-state index < -0.39 is 12.8 Å². The highest BCUT2D eigenvalue weighted by atomic mass is 32.2. The Morgan fingerprint density at radius 3 is 2.42 bits per heavy atom. The lowest BCUT2D eigenvalue weighted by Gasteiger charge is -2.15. The summed E-state index contributed by atoms with van der Waals surface area (Å²) in [4.78, 5) is 0. The van der Waals surface area contributed by atoms with Gasteiger partial charge < -0.3 is 14.2 Å². The predicted octanol–water partition coefficient (Wildman–Crippen LogP) is 5.37. The summed E-state index contributed by atoms with van der Waals surface area (Å²) in [7, 11) is 1.62. The Morgan fingerprint density at radius 1 is 1.06 bits per heavy atom. The Hall–Kier alpha value is -2.72. The SMILES string of the molecule is COc1ccc(-c2nnc(SCc3ccc(OCC(F)(F)F)cc3)n2CC2CCCO2)cc1. The number of halogens is 3. The molecule has 0 aliphatic carbocycles. The molecule has 1 unspecified atom stereocenters. The van der Waals surface area contributed by atoms with Crippen molar-refractivity contribution in [3.8, 4) is 22.9 Å². The number of hydrogen-bond donors (Lipinski definition) is 0. The van der Waals surface area contributed by atoms with Crippen LogP contribution in [0.1, 0.15) is 18.4 Å². The van der Waals surface area contributed by atoms with Crippen LogP contribution in [0, 0.1) is 0 Å². The number of methoxy groups -OCH3 is 1. The van der Waals surface area contributed by atoms with Crippen molar-refractivity contribution in [2.45, 2.75) is 42.6 Å². The van der Waals surface area contributed by atoms with Gasteiger partial charge in [-0.1, -0.05) is 23.9 Å². The topological polar surface area (TPSA) is 58.4 Å². The fourth-order valence-electron chi connectivity index (χ4n) is 3.50. The first kappa shape index (κ1) is 23.4. The van der Waals surface area contributed by atoms with E-state index in [2.05, 4.69) is 14.8 Å². The Labute approximate surface area is 194 Å². The van der Waals surface area contributed by atoms with Crippen LogP contribution >= 0.6 is 11.8 Å². The van der Waals surface area contributed by atoms with Crippen molar-refractivity contribution >= 4 is 11.8 Å². The van der Waals surface area contributed by atoms with Crippen LogP contribution in [0.3, 0.4) is 0 Å². The monoisotopic (exact) mass is 479 g/mol. The molecular weight excluding hydrogens is 455 g/mol. The van der Waals surface area contributed by atoms with Crippen LogP contribution in [0.2, 0.25) is 0 Å². The van der Waals surface area contributed by atoms with Crippen LogP contribution in [0.15, 0.2) is 53.7 Å². The second kappa shape index (κ2) is 10.5. The molecule has 176 valence electrons. The zero-order valence-corrected chi connectivity index (χ0v) is 18.9. The average Bonchev–Trinajstić information content (AvgIpc) is 3.47. The molecule has 4 rings (SSSR count). The minimum absolute atomic E-state index is 0.113. The molecule has 0 spiro atoms. The highest BCUT2D eigenvalue weighted by molar-refractivity contribution is 7.98. The molecule has 33 heavy (non-hydrogen) atoms. The molecule has 0 N–H and O–H groups in total. The minimum atomic E-state index is -4.36. The summed E-state index contributed by atoms with van der Waals surface area (Å²) in [5.41, 5.74) is 1.87. The van der Waals surface area contributed by atoms with E-state index in [1.165, 1.54) is 11.8 Å². The first-order valence-electron chi connectivity index (χ1n) is 10.5. The van der Waals surface area contributed by atoms with E-state index in [4.69, 9.17) is 14.2 Å². The van der Waals surface area contributed by atoms with Crippen molar-refractivity contribution < 1.29 is 27.4 Å². The molecule has 10 heteroatoms. The number of ether oxygens (including phenoxy) is 3. The van der Waals surface area contributed by atoms with Gasteiger partial charge in [-0.2, -0.15) is 13.2 Å². The molecule has 0 bridgehead atoms. The number of hydrogen-bond acceptors (Lipinski definition) is 6. The fourth-order valence-corrected chi connectivity index (χ4v) is 4.40. The molecule has 1 aliphatic rings. The van der Waals surface area contributed by atoms with Gasteiger partial charge in [0, 0.05) is 17.9 Å². The van der Waals surface area contributed by atoms with Crippen LogP contribution in [-0.4, -0.2) is 47.4 Å². The largest absolute Gasteiger partial charge is 0.497 e. The van der Waals surface area contributed by atoms with Gasteiger partial charge in [-0.25, -0.2) is 0 Å². The molecule has 1 aromatic heterocycles. The number of benzene rings is 2. The Balaban J connectivity index is 1.47. The lowest BCUT2D eigenvalue weighted by atomic mass is 10.2. The maximum atomic E-state index is 12.3. The highest BCUT2D eigenvalue weighted by Crippen LogP contribution is 2.30. The summed E-state index contributed by atoms with van der Waals surface area (Å²) in [6.45, 7) is 0.110. The van der Waals surface area contributed by atoms with Crippen LogP contribution in [0.5, 0.6) is 11.5 Å². The zero-order valence-electron chi connectivity index (χ0n) is 18.0. The Morgan fingerprint density at radius 2 is 1.79 bits per heavy atom.